The molecule has 0 spiro atoms. The van der Waals surface area contributed by atoms with Crippen molar-refractivity contribution in [2.45, 2.75) is 83.1 Å². The summed E-state index contributed by atoms with van der Waals surface area (Å²) < 4.78 is 2.37. The molecule has 1 aromatic carbocycles. The number of benzene rings is 1. The SMILES string of the molecule is CCc1nn(C2CCCCC2)c2cc([C@H]3CC[C@@H](CO)CC3)ccc12. The van der Waals surface area contributed by atoms with E-state index >= 15 is 0 Å². The molecule has 0 aliphatic heterocycles. The molecular formula is C22H32N2O. The highest BCUT2D eigenvalue weighted by Crippen LogP contribution is 2.38. The molecule has 2 aliphatic carbocycles. The van der Waals surface area contributed by atoms with Gasteiger partial charge in [-0.3, -0.25) is 4.68 Å². The van der Waals surface area contributed by atoms with Crippen LogP contribution < -0.4 is 0 Å². The second-order valence-electron chi connectivity index (χ2n) is 8.21. The molecule has 3 nitrogen and oxygen atoms in total. The Bertz CT molecular complexity index is 706. The number of fused-ring (bicyclic) bond motifs is 1. The van der Waals surface area contributed by atoms with E-state index in [9.17, 15) is 5.11 Å². The number of aromatic nitrogens is 2. The molecule has 0 saturated heterocycles. The molecule has 2 aliphatic rings. The Kier molecular flexibility index (Phi) is 5.12. The van der Waals surface area contributed by atoms with Gasteiger partial charge in [0.05, 0.1) is 17.3 Å². The predicted octanol–water partition coefficient (Wildman–Crippen LogP) is 5.37. The Hall–Kier alpha value is -1.35. The maximum absolute atomic E-state index is 9.39. The van der Waals surface area contributed by atoms with Gasteiger partial charge in [-0.2, -0.15) is 5.10 Å². The highest BCUT2D eigenvalue weighted by Gasteiger charge is 2.24. The first-order valence-corrected chi connectivity index (χ1v) is 10.4. The summed E-state index contributed by atoms with van der Waals surface area (Å²) in [5.74, 6) is 1.19. The molecule has 25 heavy (non-hydrogen) atoms. The van der Waals surface area contributed by atoms with Gasteiger partial charge in [0.25, 0.3) is 0 Å². The van der Waals surface area contributed by atoms with E-state index < -0.39 is 0 Å². The molecule has 0 radical (unpaired) electrons. The van der Waals surface area contributed by atoms with Gasteiger partial charge in [0, 0.05) is 12.0 Å². The van der Waals surface area contributed by atoms with Gasteiger partial charge in [-0.05, 0) is 68.4 Å². The van der Waals surface area contributed by atoms with Gasteiger partial charge in [-0.1, -0.05) is 38.3 Å². The highest BCUT2D eigenvalue weighted by molar-refractivity contribution is 5.83. The van der Waals surface area contributed by atoms with E-state index in [1.54, 1.807) is 0 Å². The Morgan fingerprint density at radius 2 is 1.80 bits per heavy atom. The minimum Gasteiger partial charge on any atom is -0.396 e. The number of aliphatic hydroxyl groups is 1. The molecule has 3 heteroatoms. The zero-order valence-corrected chi connectivity index (χ0v) is 15.6. The molecule has 0 atom stereocenters. The zero-order valence-electron chi connectivity index (χ0n) is 15.6. The van der Waals surface area contributed by atoms with Gasteiger partial charge in [-0.25, -0.2) is 0 Å². The van der Waals surface area contributed by atoms with Crippen LogP contribution in [0.4, 0.5) is 0 Å². The van der Waals surface area contributed by atoms with Crippen molar-refractivity contribution >= 4 is 10.9 Å². The summed E-state index contributed by atoms with van der Waals surface area (Å²) in [6.45, 7) is 2.58. The van der Waals surface area contributed by atoms with E-state index in [0.717, 1.165) is 6.42 Å². The zero-order chi connectivity index (χ0) is 17.2. The summed E-state index contributed by atoms with van der Waals surface area (Å²) in [5, 5.41) is 15.8. The Morgan fingerprint density at radius 3 is 2.48 bits per heavy atom. The van der Waals surface area contributed by atoms with Crippen LogP contribution in [0, 0.1) is 5.92 Å². The third kappa shape index (κ3) is 3.36. The van der Waals surface area contributed by atoms with Crippen molar-refractivity contribution < 1.29 is 5.11 Å². The molecule has 0 amide bonds. The van der Waals surface area contributed by atoms with Crippen LogP contribution in [0.15, 0.2) is 18.2 Å². The summed E-state index contributed by atoms with van der Waals surface area (Å²) in [4.78, 5) is 0. The lowest BCUT2D eigenvalue weighted by Gasteiger charge is -2.28. The number of hydrogen-bond donors (Lipinski definition) is 1. The first-order chi connectivity index (χ1) is 12.3. The molecular weight excluding hydrogens is 308 g/mol. The molecule has 2 saturated carbocycles. The van der Waals surface area contributed by atoms with Crippen molar-refractivity contribution in [3.63, 3.8) is 0 Å². The van der Waals surface area contributed by atoms with Gasteiger partial charge in [0.2, 0.25) is 0 Å². The van der Waals surface area contributed by atoms with Crippen molar-refractivity contribution in [3.8, 4) is 0 Å². The van der Waals surface area contributed by atoms with Crippen molar-refractivity contribution in [2.24, 2.45) is 5.92 Å². The van der Waals surface area contributed by atoms with Crippen molar-refractivity contribution in [1.82, 2.24) is 9.78 Å². The lowest BCUT2D eigenvalue weighted by molar-refractivity contribution is 0.182. The van der Waals surface area contributed by atoms with Gasteiger partial charge in [0.1, 0.15) is 0 Å². The number of aryl methyl sites for hydroxylation is 1. The van der Waals surface area contributed by atoms with Crippen LogP contribution in [0.25, 0.3) is 10.9 Å². The number of hydrogen-bond acceptors (Lipinski definition) is 2. The van der Waals surface area contributed by atoms with Gasteiger partial charge < -0.3 is 5.11 Å². The van der Waals surface area contributed by atoms with E-state index in [0.29, 0.717) is 24.5 Å². The summed E-state index contributed by atoms with van der Waals surface area (Å²) >= 11 is 0. The maximum Gasteiger partial charge on any atom is 0.0700 e. The van der Waals surface area contributed by atoms with Crippen LogP contribution in [-0.4, -0.2) is 21.5 Å². The third-order valence-corrected chi connectivity index (χ3v) is 6.64. The van der Waals surface area contributed by atoms with Gasteiger partial charge in [-0.15, -0.1) is 0 Å². The molecule has 1 aromatic heterocycles. The summed E-state index contributed by atoms with van der Waals surface area (Å²) in [6, 6.07) is 7.71. The van der Waals surface area contributed by atoms with Crippen molar-refractivity contribution in [3.05, 3.63) is 29.5 Å². The molecule has 0 bridgehead atoms. The molecule has 1 heterocycles. The summed E-state index contributed by atoms with van der Waals surface area (Å²) in [5.41, 5.74) is 4.12. The van der Waals surface area contributed by atoms with Crippen molar-refractivity contribution in [1.29, 1.82) is 0 Å². The maximum atomic E-state index is 9.39. The fourth-order valence-electron chi connectivity index (χ4n) is 5.02. The van der Waals surface area contributed by atoms with Gasteiger partial charge >= 0.3 is 0 Å². The second kappa shape index (κ2) is 7.49. The van der Waals surface area contributed by atoms with Crippen molar-refractivity contribution in [2.75, 3.05) is 6.61 Å². The fourth-order valence-corrected chi connectivity index (χ4v) is 5.02. The van der Waals surface area contributed by atoms with Crippen LogP contribution in [0.2, 0.25) is 0 Å². The first-order valence-electron chi connectivity index (χ1n) is 10.4. The van der Waals surface area contributed by atoms with E-state index in [1.165, 1.54) is 79.9 Å². The van der Waals surface area contributed by atoms with E-state index in [-0.39, 0.29) is 0 Å². The van der Waals surface area contributed by atoms with E-state index in [1.807, 2.05) is 0 Å². The molecule has 1 N–H and O–H groups in total. The molecule has 136 valence electrons. The summed E-state index contributed by atoms with van der Waals surface area (Å²) in [6.07, 6.45) is 12.4. The number of nitrogens with zero attached hydrogens (tertiary/aromatic N) is 2. The Balaban J connectivity index is 1.66. The number of rotatable bonds is 4. The predicted molar refractivity (Wildman–Crippen MR) is 103 cm³/mol. The lowest BCUT2D eigenvalue weighted by atomic mass is 9.79. The monoisotopic (exact) mass is 340 g/mol. The first kappa shape index (κ1) is 17.1. The lowest BCUT2D eigenvalue weighted by Crippen LogP contribution is -2.16. The average molecular weight is 341 g/mol. The molecule has 2 fully saturated rings. The smallest absolute Gasteiger partial charge is 0.0700 e. The van der Waals surface area contributed by atoms with Crippen LogP contribution in [0.3, 0.4) is 0 Å². The normalized spacial score (nSPS) is 25.5. The van der Waals surface area contributed by atoms with E-state index in [4.69, 9.17) is 5.10 Å². The second-order valence-corrected chi connectivity index (χ2v) is 8.21. The van der Waals surface area contributed by atoms with Crippen LogP contribution in [0.1, 0.15) is 87.9 Å². The largest absolute Gasteiger partial charge is 0.396 e. The van der Waals surface area contributed by atoms with Crippen LogP contribution >= 0.6 is 0 Å². The fraction of sp³-hybridized carbons (Fsp3) is 0.682. The highest BCUT2D eigenvalue weighted by atomic mass is 16.3. The van der Waals surface area contributed by atoms with Crippen LogP contribution in [-0.2, 0) is 6.42 Å². The molecule has 2 aromatic rings. The topological polar surface area (TPSA) is 38.0 Å². The number of aliphatic hydroxyl groups excluding tert-OH is 1. The Labute approximate surface area is 151 Å². The summed E-state index contributed by atoms with van der Waals surface area (Å²) in [7, 11) is 0. The Morgan fingerprint density at radius 1 is 1.04 bits per heavy atom. The third-order valence-electron chi connectivity index (χ3n) is 6.64. The standard InChI is InChI=1S/C22H32N2O/c1-2-21-20-13-12-18(17-10-8-16(15-25)9-11-17)14-22(20)24(23-21)19-6-4-3-5-7-19/h12-14,16-17,19,25H,2-11,15H2,1H3/t16-,17+. The molecule has 4 rings (SSSR count). The van der Waals surface area contributed by atoms with E-state index in [2.05, 4.69) is 29.8 Å². The minimum atomic E-state index is 0.361. The van der Waals surface area contributed by atoms with Crippen LogP contribution in [0.5, 0.6) is 0 Å². The minimum absolute atomic E-state index is 0.361. The van der Waals surface area contributed by atoms with Gasteiger partial charge in [0.15, 0.2) is 0 Å². The average Bonchev–Trinajstić information content (AvgIpc) is 3.07. The molecule has 0 unspecified atom stereocenters. The quantitative estimate of drug-likeness (QED) is 0.812.